The van der Waals surface area contributed by atoms with Crippen LogP contribution in [-0.4, -0.2) is 53.9 Å². The first-order valence-corrected chi connectivity index (χ1v) is 8.58. The van der Waals surface area contributed by atoms with Gasteiger partial charge >= 0.3 is 0 Å². The van der Waals surface area contributed by atoms with E-state index in [2.05, 4.69) is 36.8 Å². The number of piperidine rings is 1. The van der Waals surface area contributed by atoms with E-state index in [0.717, 1.165) is 61.9 Å². The molecule has 7 heteroatoms. The number of nitrogens with zero attached hydrogens (tertiary/aromatic N) is 7. The molecule has 0 bridgehead atoms. The standard InChI is InChI=1S/C17H23N7/c1-13-3-4-16-19-20-17(24(16)21-13)14-5-9-23(10-6-14)11-7-15-18-8-12-22(15)2/h3-4,8,12,14H,5-7,9-11H2,1-2H3. The van der Waals surface area contributed by atoms with Gasteiger partial charge in [-0.3, -0.25) is 0 Å². The predicted octanol–water partition coefficient (Wildman–Crippen LogP) is 1.59. The number of likely N-dealkylation sites (tertiary alicyclic amines) is 1. The molecule has 126 valence electrons. The predicted molar refractivity (Wildman–Crippen MR) is 90.8 cm³/mol. The van der Waals surface area contributed by atoms with Gasteiger partial charge in [0.05, 0.1) is 5.69 Å². The van der Waals surface area contributed by atoms with Gasteiger partial charge in [0.15, 0.2) is 11.5 Å². The molecule has 0 amide bonds. The Morgan fingerprint density at radius 2 is 2.00 bits per heavy atom. The summed E-state index contributed by atoms with van der Waals surface area (Å²) in [5.74, 6) is 2.61. The van der Waals surface area contributed by atoms with E-state index in [1.807, 2.05) is 36.0 Å². The number of imidazole rings is 1. The van der Waals surface area contributed by atoms with Crippen LogP contribution in [0.2, 0.25) is 0 Å². The molecule has 1 aliphatic rings. The maximum Gasteiger partial charge on any atom is 0.177 e. The molecule has 1 aliphatic heterocycles. The number of hydrogen-bond donors (Lipinski definition) is 0. The summed E-state index contributed by atoms with van der Waals surface area (Å²) in [6.07, 6.45) is 7.09. The molecule has 3 aromatic heterocycles. The van der Waals surface area contributed by atoms with Crippen LogP contribution < -0.4 is 0 Å². The van der Waals surface area contributed by atoms with E-state index in [4.69, 9.17) is 0 Å². The number of fused-ring (bicyclic) bond motifs is 1. The SMILES string of the molecule is Cc1ccc2nnc(C3CCN(CCc4nccn4C)CC3)n2n1. The zero-order valence-corrected chi connectivity index (χ0v) is 14.3. The van der Waals surface area contributed by atoms with Crippen molar-refractivity contribution in [1.29, 1.82) is 0 Å². The summed E-state index contributed by atoms with van der Waals surface area (Å²) in [6.45, 7) is 5.25. The highest BCUT2D eigenvalue weighted by Gasteiger charge is 2.25. The Balaban J connectivity index is 1.38. The van der Waals surface area contributed by atoms with Crippen LogP contribution in [0.15, 0.2) is 24.5 Å². The maximum atomic E-state index is 4.58. The Bertz CT molecular complexity index is 826. The van der Waals surface area contributed by atoms with Gasteiger partial charge in [0, 0.05) is 38.3 Å². The second kappa shape index (κ2) is 6.32. The Morgan fingerprint density at radius 3 is 2.75 bits per heavy atom. The second-order valence-electron chi connectivity index (χ2n) is 6.62. The molecule has 0 radical (unpaired) electrons. The number of rotatable bonds is 4. The summed E-state index contributed by atoms with van der Waals surface area (Å²) >= 11 is 0. The van der Waals surface area contributed by atoms with Crippen molar-refractivity contribution < 1.29 is 0 Å². The molecule has 1 saturated heterocycles. The van der Waals surface area contributed by atoms with Crippen LogP contribution in [0.5, 0.6) is 0 Å². The first-order chi connectivity index (χ1) is 11.7. The highest BCUT2D eigenvalue weighted by molar-refractivity contribution is 5.36. The van der Waals surface area contributed by atoms with Crippen molar-refractivity contribution >= 4 is 5.65 Å². The minimum absolute atomic E-state index is 0.443. The maximum absolute atomic E-state index is 4.58. The quantitative estimate of drug-likeness (QED) is 0.729. The van der Waals surface area contributed by atoms with Gasteiger partial charge in [0.2, 0.25) is 0 Å². The first kappa shape index (κ1) is 15.3. The molecule has 0 unspecified atom stereocenters. The fourth-order valence-corrected chi connectivity index (χ4v) is 3.46. The third-order valence-corrected chi connectivity index (χ3v) is 4.95. The zero-order valence-electron chi connectivity index (χ0n) is 14.3. The lowest BCUT2D eigenvalue weighted by Gasteiger charge is -2.30. The van der Waals surface area contributed by atoms with Crippen molar-refractivity contribution in [3.05, 3.63) is 41.9 Å². The van der Waals surface area contributed by atoms with Gasteiger partial charge in [-0.15, -0.1) is 10.2 Å². The van der Waals surface area contributed by atoms with Crippen molar-refractivity contribution in [2.75, 3.05) is 19.6 Å². The summed E-state index contributed by atoms with van der Waals surface area (Å²) in [6, 6.07) is 3.97. The number of hydrogen-bond acceptors (Lipinski definition) is 5. The Hall–Kier alpha value is -2.28. The minimum Gasteiger partial charge on any atom is -0.338 e. The van der Waals surface area contributed by atoms with E-state index in [1.165, 1.54) is 0 Å². The third-order valence-electron chi connectivity index (χ3n) is 4.95. The fraction of sp³-hybridized carbons (Fsp3) is 0.529. The van der Waals surface area contributed by atoms with Crippen molar-refractivity contribution in [3.8, 4) is 0 Å². The molecule has 0 aromatic carbocycles. The molecule has 3 aromatic rings. The summed E-state index contributed by atoms with van der Waals surface area (Å²) < 4.78 is 4.02. The van der Waals surface area contributed by atoms with E-state index in [0.29, 0.717) is 5.92 Å². The molecule has 0 atom stereocenters. The Kier molecular flexibility index (Phi) is 4.02. The molecular formula is C17H23N7. The van der Waals surface area contributed by atoms with Crippen molar-refractivity contribution in [3.63, 3.8) is 0 Å². The Labute approximate surface area is 141 Å². The van der Waals surface area contributed by atoms with Crippen molar-refractivity contribution in [2.24, 2.45) is 7.05 Å². The van der Waals surface area contributed by atoms with Gasteiger partial charge in [-0.1, -0.05) is 0 Å². The van der Waals surface area contributed by atoms with Crippen LogP contribution in [0.3, 0.4) is 0 Å². The van der Waals surface area contributed by atoms with E-state index in [-0.39, 0.29) is 0 Å². The van der Waals surface area contributed by atoms with E-state index >= 15 is 0 Å². The molecule has 1 fully saturated rings. The van der Waals surface area contributed by atoms with Crippen LogP contribution in [-0.2, 0) is 13.5 Å². The molecule has 4 heterocycles. The molecule has 0 aliphatic carbocycles. The molecule has 0 N–H and O–H groups in total. The van der Waals surface area contributed by atoms with Crippen LogP contribution in [0.1, 0.15) is 36.1 Å². The number of aromatic nitrogens is 6. The Morgan fingerprint density at radius 1 is 1.17 bits per heavy atom. The van der Waals surface area contributed by atoms with Gasteiger partial charge in [-0.2, -0.15) is 9.61 Å². The average Bonchev–Trinajstić information content (AvgIpc) is 3.19. The lowest BCUT2D eigenvalue weighted by molar-refractivity contribution is 0.209. The molecule has 4 rings (SSSR count). The van der Waals surface area contributed by atoms with Crippen LogP contribution in [0.25, 0.3) is 5.65 Å². The monoisotopic (exact) mass is 325 g/mol. The van der Waals surface area contributed by atoms with Crippen molar-refractivity contribution in [1.82, 2.24) is 34.3 Å². The van der Waals surface area contributed by atoms with Crippen molar-refractivity contribution in [2.45, 2.75) is 32.1 Å². The molecule has 7 nitrogen and oxygen atoms in total. The van der Waals surface area contributed by atoms with E-state index in [9.17, 15) is 0 Å². The topological polar surface area (TPSA) is 64.1 Å². The largest absolute Gasteiger partial charge is 0.338 e. The van der Waals surface area contributed by atoms with Crippen LogP contribution in [0, 0.1) is 6.92 Å². The fourth-order valence-electron chi connectivity index (χ4n) is 3.46. The number of aryl methyl sites for hydroxylation is 2. The van der Waals surface area contributed by atoms with Gasteiger partial charge in [-0.05, 0) is 45.0 Å². The summed E-state index contributed by atoms with van der Waals surface area (Å²) in [5, 5.41) is 13.2. The van der Waals surface area contributed by atoms with E-state index in [1.54, 1.807) is 0 Å². The van der Waals surface area contributed by atoms with Gasteiger partial charge in [0.25, 0.3) is 0 Å². The lowest BCUT2D eigenvalue weighted by Crippen LogP contribution is -2.35. The lowest BCUT2D eigenvalue weighted by atomic mass is 9.96. The summed E-state index contributed by atoms with van der Waals surface area (Å²) in [7, 11) is 2.06. The summed E-state index contributed by atoms with van der Waals surface area (Å²) in [4.78, 5) is 6.93. The van der Waals surface area contributed by atoms with E-state index < -0.39 is 0 Å². The third kappa shape index (κ3) is 2.91. The second-order valence-corrected chi connectivity index (χ2v) is 6.62. The molecular weight excluding hydrogens is 302 g/mol. The zero-order chi connectivity index (χ0) is 16.5. The normalized spacial score (nSPS) is 16.9. The molecule has 0 spiro atoms. The summed E-state index contributed by atoms with van der Waals surface area (Å²) in [5.41, 5.74) is 1.84. The van der Waals surface area contributed by atoms with Gasteiger partial charge in [-0.25, -0.2) is 4.98 Å². The highest BCUT2D eigenvalue weighted by atomic mass is 15.4. The average molecular weight is 325 g/mol. The highest BCUT2D eigenvalue weighted by Crippen LogP contribution is 2.26. The molecule has 24 heavy (non-hydrogen) atoms. The van der Waals surface area contributed by atoms with Gasteiger partial charge in [0.1, 0.15) is 5.82 Å². The molecule has 0 saturated carbocycles. The van der Waals surface area contributed by atoms with Gasteiger partial charge < -0.3 is 9.47 Å². The van der Waals surface area contributed by atoms with Crippen LogP contribution >= 0.6 is 0 Å². The first-order valence-electron chi connectivity index (χ1n) is 8.58. The van der Waals surface area contributed by atoms with Crippen LogP contribution in [0.4, 0.5) is 0 Å². The smallest absolute Gasteiger partial charge is 0.177 e. The minimum atomic E-state index is 0.443.